The number of rotatable bonds is 4. The number of aromatic nitrogens is 5. The normalized spacial score (nSPS) is 18.0. The van der Waals surface area contributed by atoms with Crippen molar-refractivity contribution in [2.75, 3.05) is 18.0 Å². The maximum absolute atomic E-state index is 13.1. The molecular weight excluding hydrogens is 421 g/mol. The first-order valence-electron chi connectivity index (χ1n) is 10.2. The molecule has 1 fully saturated rings. The molecule has 3 aromatic rings. The largest absolute Gasteiger partial charge is 0.434 e. The van der Waals surface area contributed by atoms with Crippen LogP contribution in [0.1, 0.15) is 32.4 Å². The number of anilines is 1. The number of imidazole rings is 1. The number of nitrogens with zero attached hydrogens (tertiary/aromatic N) is 6. The molecule has 3 N–H and O–H groups in total. The maximum atomic E-state index is 13.1. The second-order valence-corrected chi connectivity index (χ2v) is 7.89. The third kappa shape index (κ3) is 4.14. The highest BCUT2D eigenvalue weighted by Crippen LogP contribution is 2.30. The zero-order valence-corrected chi connectivity index (χ0v) is 17.7. The minimum Gasteiger partial charge on any atom is -0.402 e. The quantitative estimate of drug-likeness (QED) is 0.594. The van der Waals surface area contributed by atoms with E-state index in [9.17, 15) is 13.2 Å². The van der Waals surface area contributed by atoms with Crippen LogP contribution in [-0.2, 0) is 6.18 Å². The van der Waals surface area contributed by atoms with Crippen LogP contribution in [0.3, 0.4) is 0 Å². The Bertz CT molecular complexity index is 1190. The third-order valence-electron chi connectivity index (χ3n) is 5.54. The predicted molar refractivity (Wildman–Crippen MR) is 114 cm³/mol. The zero-order chi connectivity index (χ0) is 23.0. The van der Waals surface area contributed by atoms with E-state index in [2.05, 4.69) is 24.8 Å². The lowest BCUT2D eigenvalue weighted by Gasteiger charge is -2.35. The summed E-state index contributed by atoms with van der Waals surface area (Å²) in [6.07, 6.45) is 2.26. The molecule has 0 bridgehead atoms. The van der Waals surface area contributed by atoms with Crippen molar-refractivity contribution >= 4 is 17.2 Å². The van der Waals surface area contributed by atoms with Gasteiger partial charge in [0.25, 0.3) is 0 Å². The Kier molecular flexibility index (Phi) is 5.57. The first-order chi connectivity index (χ1) is 15.1. The van der Waals surface area contributed by atoms with Crippen molar-refractivity contribution < 1.29 is 13.2 Å². The molecule has 0 aromatic carbocycles. The monoisotopic (exact) mass is 444 g/mol. The zero-order valence-electron chi connectivity index (χ0n) is 17.7. The molecule has 1 saturated heterocycles. The summed E-state index contributed by atoms with van der Waals surface area (Å²) in [4.78, 5) is 18.5. The van der Waals surface area contributed by atoms with Crippen molar-refractivity contribution in [1.29, 1.82) is 5.41 Å². The van der Waals surface area contributed by atoms with Crippen molar-refractivity contribution in [2.24, 2.45) is 11.7 Å². The van der Waals surface area contributed by atoms with Gasteiger partial charge in [0.05, 0.1) is 12.4 Å². The molecule has 3 aromatic heterocycles. The number of nitrogens with one attached hydrogen (secondary N) is 1. The molecule has 1 atom stereocenters. The van der Waals surface area contributed by atoms with Gasteiger partial charge in [0.2, 0.25) is 0 Å². The molecule has 0 spiro atoms. The fourth-order valence-corrected chi connectivity index (χ4v) is 4.19. The Morgan fingerprint density at radius 1 is 1.19 bits per heavy atom. The standard InChI is InChI=1S/C21H23F3N8/c1-12(25)19(13(2)26)14-4-3-7-31(10-14)17-5-6-27-20(30-17)15-8-29-18-9-28-16(11-32(15)18)21(22,23)24/h5-6,8-9,11,14,25H,3-4,7,10,26H2,1-2H3/b19-13+,25-12?. The van der Waals surface area contributed by atoms with Crippen LogP contribution in [0.4, 0.5) is 19.0 Å². The summed E-state index contributed by atoms with van der Waals surface area (Å²) in [6.45, 7) is 4.97. The van der Waals surface area contributed by atoms with E-state index >= 15 is 0 Å². The second-order valence-electron chi connectivity index (χ2n) is 7.89. The van der Waals surface area contributed by atoms with E-state index in [0.29, 0.717) is 29.5 Å². The fraction of sp³-hybridized carbons (Fsp3) is 0.381. The van der Waals surface area contributed by atoms with Crippen LogP contribution in [0.5, 0.6) is 0 Å². The number of fused-ring (bicyclic) bond motifs is 1. The highest BCUT2D eigenvalue weighted by Gasteiger charge is 2.33. The van der Waals surface area contributed by atoms with Gasteiger partial charge in [-0.05, 0) is 38.3 Å². The highest BCUT2D eigenvalue weighted by molar-refractivity contribution is 5.96. The van der Waals surface area contributed by atoms with E-state index in [-0.39, 0.29) is 17.4 Å². The molecule has 8 nitrogen and oxygen atoms in total. The van der Waals surface area contributed by atoms with Gasteiger partial charge in [-0.15, -0.1) is 0 Å². The number of hydrogen-bond acceptors (Lipinski definition) is 7. The molecule has 0 radical (unpaired) electrons. The summed E-state index contributed by atoms with van der Waals surface area (Å²) in [5, 5.41) is 8.08. The summed E-state index contributed by atoms with van der Waals surface area (Å²) in [7, 11) is 0. The average molecular weight is 444 g/mol. The Balaban J connectivity index is 1.67. The Hall–Kier alpha value is -3.50. The van der Waals surface area contributed by atoms with Crippen molar-refractivity contribution in [3.63, 3.8) is 0 Å². The van der Waals surface area contributed by atoms with Gasteiger partial charge in [0.1, 0.15) is 11.5 Å². The van der Waals surface area contributed by atoms with Crippen molar-refractivity contribution in [3.8, 4) is 11.5 Å². The lowest BCUT2D eigenvalue weighted by atomic mass is 9.87. The molecule has 1 unspecified atom stereocenters. The molecule has 4 heterocycles. The van der Waals surface area contributed by atoms with Crippen LogP contribution >= 0.6 is 0 Å². The van der Waals surface area contributed by atoms with Crippen LogP contribution in [0, 0.1) is 11.3 Å². The van der Waals surface area contributed by atoms with Gasteiger partial charge in [-0.2, -0.15) is 13.2 Å². The summed E-state index contributed by atoms with van der Waals surface area (Å²) < 4.78 is 40.6. The number of halogens is 3. The molecule has 32 heavy (non-hydrogen) atoms. The first kappa shape index (κ1) is 21.7. The number of piperidine rings is 1. The molecule has 0 aliphatic carbocycles. The van der Waals surface area contributed by atoms with E-state index in [1.807, 2.05) is 6.92 Å². The first-order valence-corrected chi connectivity index (χ1v) is 10.2. The third-order valence-corrected chi connectivity index (χ3v) is 5.54. The van der Waals surface area contributed by atoms with Gasteiger partial charge in [0.15, 0.2) is 17.2 Å². The van der Waals surface area contributed by atoms with E-state index < -0.39 is 11.9 Å². The number of hydrogen-bond donors (Lipinski definition) is 2. The maximum Gasteiger partial charge on any atom is 0.434 e. The van der Waals surface area contributed by atoms with Gasteiger partial charge in [-0.25, -0.2) is 19.9 Å². The van der Waals surface area contributed by atoms with Crippen molar-refractivity contribution in [3.05, 3.63) is 47.8 Å². The van der Waals surface area contributed by atoms with Gasteiger partial charge >= 0.3 is 6.18 Å². The Morgan fingerprint density at radius 2 is 1.97 bits per heavy atom. The molecule has 11 heteroatoms. The average Bonchev–Trinajstić information content (AvgIpc) is 3.16. The van der Waals surface area contributed by atoms with Crippen LogP contribution in [0.2, 0.25) is 0 Å². The summed E-state index contributed by atoms with van der Waals surface area (Å²) in [6, 6.07) is 1.77. The fourth-order valence-electron chi connectivity index (χ4n) is 4.19. The van der Waals surface area contributed by atoms with Gasteiger partial charge < -0.3 is 16.0 Å². The van der Waals surface area contributed by atoms with Crippen LogP contribution < -0.4 is 10.6 Å². The summed E-state index contributed by atoms with van der Waals surface area (Å²) in [5.41, 5.74) is 7.60. The van der Waals surface area contributed by atoms with E-state index in [1.165, 1.54) is 10.6 Å². The second kappa shape index (κ2) is 8.21. The van der Waals surface area contributed by atoms with Crippen LogP contribution in [0.15, 0.2) is 42.1 Å². The molecule has 0 amide bonds. The molecular formula is C21H23F3N8. The molecule has 1 aliphatic rings. The van der Waals surface area contributed by atoms with Gasteiger partial charge in [-0.3, -0.25) is 4.40 Å². The predicted octanol–water partition coefficient (Wildman–Crippen LogP) is 3.69. The van der Waals surface area contributed by atoms with Crippen molar-refractivity contribution in [2.45, 2.75) is 32.9 Å². The summed E-state index contributed by atoms with van der Waals surface area (Å²) >= 11 is 0. The van der Waals surface area contributed by atoms with Crippen LogP contribution in [0.25, 0.3) is 17.2 Å². The molecule has 1 aliphatic heterocycles. The molecule has 0 saturated carbocycles. The highest BCUT2D eigenvalue weighted by atomic mass is 19.4. The SMILES string of the molecule is CC(=N)/C(=C(/C)N)C1CCCN(c2ccnc(-c3cnc4cnc(C(F)(F)F)cn34)n2)C1. The topological polar surface area (TPSA) is 109 Å². The minimum atomic E-state index is -4.57. The van der Waals surface area contributed by atoms with Gasteiger partial charge in [0, 0.05) is 42.8 Å². The minimum absolute atomic E-state index is 0.112. The van der Waals surface area contributed by atoms with E-state index in [0.717, 1.165) is 37.4 Å². The van der Waals surface area contributed by atoms with E-state index in [4.69, 9.17) is 11.1 Å². The Morgan fingerprint density at radius 3 is 2.66 bits per heavy atom. The lowest BCUT2D eigenvalue weighted by molar-refractivity contribution is -0.141. The lowest BCUT2D eigenvalue weighted by Crippen LogP contribution is -2.38. The number of nitrogens with two attached hydrogens (primary N) is 1. The number of alkyl halides is 3. The Labute approximate surface area is 182 Å². The molecule has 4 rings (SSSR count). The van der Waals surface area contributed by atoms with Gasteiger partial charge in [-0.1, -0.05) is 0 Å². The number of allylic oxidation sites excluding steroid dienone is 1. The smallest absolute Gasteiger partial charge is 0.402 e. The van der Waals surface area contributed by atoms with E-state index in [1.54, 1.807) is 19.2 Å². The van der Waals surface area contributed by atoms with Crippen molar-refractivity contribution in [1.82, 2.24) is 24.3 Å². The van der Waals surface area contributed by atoms with Crippen LogP contribution in [-0.4, -0.2) is 43.1 Å². The summed E-state index contributed by atoms with van der Waals surface area (Å²) in [5.74, 6) is 1.04. The molecule has 168 valence electrons.